The predicted octanol–water partition coefficient (Wildman–Crippen LogP) is 4.72. The summed E-state index contributed by atoms with van der Waals surface area (Å²) in [4.78, 5) is 5.44. The summed E-state index contributed by atoms with van der Waals surface area (Å²) < 4.78 is 0. The zero-order valence-electron chi connectivity index (χ0n) is 8.15. The second-order valence-electron chi connectivity index (χ2n) is 3.09. The van der Waals surface area contributed by atoms with Crippen LogP contribution < -0.4 is 0 Å². The fraction of sp³-hybridized carbons (Fsp3) is 0. The third-order valence-corrected chi connectivity index (χ3v) is 2.13. The third-order valence-electron chi connectivity index (χ3n) is 2.13. The van der Waals surface area contributed by atoms with Crippen LogP contribution in [0.3, 0.4) is 0 Å². The van der Waals surface area contributed by atoms with Gasteiger partial charge in [-0.15, -0.1) is 0 Å². The van der Waals surface area contributed by atoms with Gasteiger partial charge in [-0.3, -0.25) is 0 Å². The highest BCUT2D eigenvalue weighted by Crippen LogP contribution is 2.25. The molecule has 0 aliphatic rings. The molecule has 6 heteroatoms. The molecule has 6 nitrogen and oxygen atoms in total. The lowest BCUT2D eigenvalue weighted by Crippen LogP contribution is -1.71. The summed E-state index contributed by atoms with van der Waals surface area (Å²) in [6.07, 6.45) is 0. The van der Waals surface area contributed by atoms with E-state index in [2.05, 4.69) is 20.1 Å². The molecule has 0 fully saturated rings. The summed E-state index contributed by atoms with van der Waals surface area (Å²) in [7, 11) is 0. The van der Waals surface area contributed by atoms with Crippen molar-refractivity contribution in [3.05, 3.63) is 57.3 Å². The molecule has 2 aromatic rings. The maximum absolute atomic E-state index is 8.31. The van der Waals surface area contributed by atoms with Crippen molar-refractivity contribution in [2.45, 2.75) is 0 Å². The van der Waals surface area contributed by atoms with Gasteiger partial charge in [-0.2, -0.15) is 0 Å². The molecule has 0 saturated carbocycles. The van der Waals surface area contributed by atoms with Gasteiger partial charge in [-0.25, -0.2) is 0 Å². The van der Waals surface area contributed by atoms with E-state index in [0.29, 0.717) is 11.4 Å². The van der Waals surface area contributed by atoms with E-state index in [1.165, 1.54) is 0 Å². The SMILES string of the molecule is [N-]=[N+]=Nc1ccc2cc(N=[N+]=[N-])ccc2c1. The van der Waals surface area contributed by atoms with Crippen LogP contribution >= 0.6 is 0 Å². The molecule has 0 radical (unpaired) electrons. The van der Waals surface area contributed by atoms with Crippen molar-refractivity contribution in [2.75, 3.05) is 0 Å². The first-order valence-corrected chi connectivity index (χ1v) is 4.47. The monoisotopic (exact) mass is 210 g/mol. The minimum absolute atomic E-state index is 0.562. The van der Waals surface area contributed by atoms with Crippen molar-refractivity contribution in [3.63, 3.8) is 0 Å². The van der Waals surface area contributed by atoms with Gasteiger partial charge >= 0.3 is 0 Å². The highest BCUT2D eigenvalue weighted by molar-refractivity contribution is 5.87. The van der Waals surface area contributed by atoms with Crippen LogP contribution in [-0.2, 0) is 0 Å². The Labute approximate surface area is 90.4 Å². The Kier molecular flexibility index (Phi) is 2.61. The number of benzene rings is 2. The van der Waals surface area contributed by atoms with E-state index in [4.69, 9.17) is 11.1 Å². The second kappa shape index (κ2) is 4.23. The van der Waals surface area contributed by atoms with E-state index >= 15 is 0 Å². The van der Waals surface area contributed by atoms with E-state index in [1.54, 1.807) is 24.3 Å². The maximum atomic E-state index is 8.31. The average molecular weight is 210 g/mol. The fourth-order valence-electron chi connectivity index (χ4n) is 1.45. The Morgan fingerprint density at radius 2 is 1.19 bits per heavy atom. The molecule has 0 aliphatic heterocycles. The average Bonchev–Trinajstić information content (AvgIpc) is 2.30. The number of azide groups is 2. The summed E-state index contributed by atoms with van der Waals surface area (Å²) >= 11 is 0. The van der Waals surface area contributed by atoms with E-state index < -0.39 is 0 Å². The normalized spacial score (nSPS) is 9.25. The highest BCUT2D eigenvalue weighted by Gasteiger charge is 1.96. The van der Waals surface area contributed by atoms with Crippen molar-refractivity contribution in [1.29, 1.82) is 0 Å². The molecule has 0 heterocycles. The van der Waals surface area contributed by atoms with Gasteiger partial charge in [0.05, 0.1) is 0 Å². The first-order valence-electron chi connectivity index (χ1n) is 4.47. The summed E-state index contributed by atoms with van der Waals surface area (Å²) in [5.41, 5.74) is 17.7. The van der Waals surface area contributed by atoms with Crippen LogP contribution in [0.4, 0.5) is 11.4 Å². The first-order chi connectivity index (χ1) is 7.83. The van der Waals surface area contributed by atoms with Crippen molar-refractivity contribution < 1.29 is 0 Å². The summed E-state index contributed by atoms with van der Waals surface area (Å²) in [5.74, 6) is 0. The number of nitrogens with zero attached hydrogens (tertiary/aromatic N) is 6. The van der Waals surface area contributed by atoms with E-state index in [9.17, 15) is 0 Å². The summed E-state index contributed by atoms with van der Waals surface area (Å²) in [5, 5.41) is 8.89. The molecular weight excluding hydrogens is 204 g/mol. The predicted molar refractivity (Wildman–Crippen MR) is 61.6 cm³/mol. The van der Waals surface area contributed by atoms with Gasteiger partial charge in [0, 0.05) is 21.2 Å². The molecule has 0 unspecified atom stereocenters. The minimum Gasteiger partial charge on any atom is -0.0608 e. The van der Waals surface area contributed by atoms with Crippen LogP contribution in [-0.4, -0.2) is 0 Å². The van der Waals surface area contributed by atoms with Crippen molar-refractivity contribution in [3.8, 4) is 0 Å². The summed E-state index contributed by atoms with van der Waals surface area (Å²) in [6.45, 7) is 0. The van der Waals surface area contributed by atoms with Crippen molar-refractivity contribution in [2.24, 2.45) is 10.2 Å². The molecule has 0 aromatic heterocycles. The van der Waals surface area contributed by atoms with Gasteiger partial charge in [0.25, 0.3) is 0 Å². The van der Waals surface area contributed by atoms with Gasteiger partial charge < -0.3 is 0 Å². The Hall–Kier alpha value is -2.68. The third kappa shape index (κ3) is 1.88. The summed E-state index contributed by atoms with van der Waals surface area (Å²) in [6, 6.07) is 10.6. The minimum atomic E-state index is 0.562. The zero-order valence-corrected chi connectivity index (χ0v) is 8.15. The van der Waals surface area contributed by atoms with Crippen LogP contribution in [0.2, 0.25) is 0 Å². The van der Waals surface area contributed by atoms with Crippen molar-refractivity contribution >= 4 is 22.1 Å². The lowest BCUT2D eigenvalue weighted by molar-refractivity contribution is 1.48. The second-order valence-corrected chi connectivity index (χ2v) is 3.09. The number of hydrogen-bond acceptors (Lipinski definition) is 2. The van der Waals surface area contributed by atoms with Crippen LogP contribution in [0, 0.1) is 0 Å². The molecular formula is C10H6N6. The molecule has 0 amide bonds. The highest BCUT2D eigenvalue weighted by atomic mass is 15.1. The van der Waals surface area contributed by atoms with Crippen molar-refractivity contribution in [1.82, 2.24) is 0 Å². The van der Waals surface area contributed by atoms with E-state index in [-0.39, 0.29) is 0 Å². The Bertz CT molecular complexity index is 578. The topological polar surface area (TPSA) is 97.5 Å². The standard InChI is InChI=1S/C10H6N6/c11-15-13-9-3-1-7-5-10(14-16-12)4-2-8(7)6-9/h1-6H. The van der Waals surface area contributed by atoms with Gasteiger partial charge in [0.1, 0.15) is 0 Å². The Morgan fingerprint density at radius 1 is 0.750 bits per heavy atom. The molecule has 0 saturated heterocycles. The largest absolute Gasteiger partial charge is 0.0608 e. The maximum Gasteiger partial charge on any atom is 0.0381 e. The molecule has 0 aliphatic carbocycles. The van der Waals surface area contributed by atoms with Gasteiger partial charge in [-0.1, -0.05) is 34.5 Å². The molecule has 16 heavy (non-hydrogen) atoms. The molecule has 76 valence electrons. The Balaban J connectivity index is 2.60. The fourth-order valence-corrected chi connectivity index (χ4v) is 1.45. The van der Waals surface area contributed by atoms with Gasteiger partial charge in [-0.05, 0) is 34.0 Å². The quantitative estimate of drug-likeness (QED) is 0.389. The molecule has 2 rings (SSSR count). The van der Waals surface area contributed by atoms with Crippen LogP contribution in [0.15, 0.2) is 46.6 Å². The lowest BCUT2D eigenvalue weighted by Gasteiger charge is -1.99. The molecule has 0 spiro atoms. The number of rotatable bonds is 2. The van der Waals surface area contributed by atoms with Crippen LogP contribution in [0.25, 0.3) is 31.7 Å². The first kappa shape index (κ1) is 9.86. The van der Waals surface area contributed by atoms with Gasteiger partial charge in [0.15, 0.2) is 0 Å². The van der Waals surface area contributed by atoms with Crippen LogP contribution in [0.1, 0.15) is 0 Å². The zero-order chi connectivity index (χ0) is 11.4. The Morgan fingerprint density at radius 3 is 1.56 bits per heavy atom. The number of hydrogen-bond donors (Lipinski definition) is 0. The number of fused-ring (bicyclic) bond motifs is 1. The van der Waals surface area contributed by atoms with Crippen LogP contribution in [0.5, 0.6) is 0 Å². The van der Waals surface area contributed by atoms with E-state index in [0.717, 1.165) is 10.8 Å². The smallest absolute Gasteiger partial charge is 0.0381 e. The molecule has 0 atom stereocenters. The molecule has 0 bridgehead atoms. The molecule has 2 aromatic carbocycles. The lowest BCUT2D eigenvalue weighted by atomic mass is 10.1. The molecule has 0 N–H and O–H groups in total. The van der Waals surface area contributed by atoms with Gasteiger partial charge in [0.2, 0.25) is 0 Å². The van der Waals surface area contributed by atoms with E-state index in [1.807, 2.05) is 12.1 Å².